The molecule has 3 amide bonds. The minimum atomic E-state index is -1.09. The molecule has 1 aliphatic rings. The average molecular weight is 595 g/mol. The third kappa shape index (κ3) is 8.21. The van der Waals surface area contributed by atoms with Gasteiger partial charge in [-0.05, 0) is 71.9 Å². The molecule has 13 nitrogen and oxygen atoms in total. The Hall–Kier alpha value is -4.62. The molecule has 0 spiro atoms. The van der Waals surface area contributed by atoms with E-state index in [-0.39, 0.29) is 24.3 Å². The number of anilines is 1. The Kier molecular flexibility index (Phi) is 10.3. The molecular weight excluding hydrogens is 564 g/mol. The first kappa shape index (κ1) is 30.3. The van der Waals surface area contributed by atoms with Crippen LogP contribution in [0, 0.1) is 0 Å². The number of benzene rings is 2. The Balaban J connectivity index is 1.46. The number of aromatic carboxylic acids is 1. The Morgan fingerprint density at radius 1 is 1.07 bits per heavy atom. The molecule has 0 bridgehead atoms. The van der Waals surface area contributed by atoms with Gasteiger partial charge in [-0.2, -0.15) is 4.68 Å². The fraction of sp³-hybridized carbons (Fsp3) is 0.321. The molecule has 4 rings (SSSR count). The van der Waals surface area contributed by atoms with Gasteiger partial charge in [0, 0.05) is 54.9 Å². The second-order valence-electron chi connectivity index (χ2n) is 9.58. The number of nitrogens with one attached hydrogen (secondary N) is 2. The number of aromatic nitrogens is 4. The van der Waals surface area contributed by atoms with Crippen LogP contribution < -0.4 is 10.6 Å². The first-order valence-electron chi connectivity index (χ1n) is 13.4. The lowest BCUT2D eigenvalue weighted by molar-refractivity contribution is -0.133. The molecule has 42 heavy (non-hydrogen) atoms. The van der Waals surface area contributed by atoms with Crippen molar-refractivity contribution < 1.29 is 24.3 Å². The van der Waals surface area contributed by atoms with E-state index in [2.05, 4.69) is 38.0 Å². The standard InChI is InChI=1S/C28H31ClN8O5/c1-2-35-13-15-36(16-14-35)26(39)12-9-23(27(40)31-22-7-3-19(4-8-22)28(41)42)32-25(38)11-5-20-17-21(29)6-10-24(20)37-18-30-33-34-37/h3-8,10-11,17-18,23H,2,9,12-16H2,1H3,(H,31,40)(H,32,38)(H,41,42)/b11-5+/t23-/m0/s1. The third-order valence-corrected chi connectivity index (χ3v) is 7.09. The quantitative estimate of drug-likeness (QED) is 0.282. The van der Waals surface area contributed by atoms with Crippen molar-refractivity contribution in [3.05, 3.63) is 71.0 Å². The van der Waals surface area contributed by atoms with Gasteiger partial charge < -0.3 is 25.5 Å². The van der Waals surface area contributed by atoms with Crippen LogP contribution in [-0.4, -0.2) is 97.6 Å². The molecule has 1 aromatic heterocycles. The largest absolute Gasteiger partial charge is 0.478 e. The summed E-state index contributed by atoms with van der Waals surface area (Å²) in [7, 11) is 0. The summed E-state index contributed by atoms with van der Waals surface area (Å²) in [6, 6.07) is 9.61. The number of tetrazole rings is 1. The maximum atomic E-state index is 13.2. The maximum absolute atomic E-state index is 13.2. The third-order valence-electron chi connectivity index (χ3n) is 6.85. The number of carboxylic acids is 1. The lowest BCUT2D eigenvalue weighted by Crippen LogP contribution is -2.49. The van der Waals surface area contributed by atoms with Crippen molar-refractivity contribution in [3.8, 4) is 5.69 Å². The summed E-state index contributed by atoms with van der Waals surface area (Å²) in [6.45, 7) is 5.79. The Morgan fingerprint density at radius 3 is 2.45 bits per heavy atom. The highest BCUT2D eigenvalue weighted by atomic mass is 35.5. The van der Waals surface area contributed by atoms with Gasteiger partial charge >= 0.3 is 5.97 Å². The van der Waals surface area contributed by atoms with E-state index in [4.69, 9.17) is 16.7 Å². The topological polar surface area (TPSA) is 163 Å². The molecule has 3 aromatic rings. The summed E-state index contributed by atoms with van der Waals surface area (Å²) in [5.41, 5.74) is 1.57. The van der Waals surface area contributed by atoms with E-state index in [1.54, 1.807) is 23.1 Å². The van der Waals surface area contributed by atoms with E-state index in [9.17, 15) is 19.2 Å². The van der Waals surface area contributed by atoms with Gasteiger partial charge in [0.2, 0.25) is 17.7 Å². The molecule has 2 heterocycles. The summed E-state index contributed by atoms with van der Waals surface area (Å²) in [5.74, 6) is -2.29. The minimum Gasteiger partial charge on any atom is -0.478 e. The van der Waals surface area contributed by atoms with E-state index in [0.29, 0.717) is 35.1 Å². The van der Waals surface area contributed by atoms with E-state index < -0.39 is 23.8 Å². The van der Waals surface area contributed by atoms with E-state index >= 15 is 0 Å². The average Bonchev–Trinajstić information content (AvgIpc) is 3.53. The fourth-order valence-electron chi connectivity index (χ4n) is 4.46. The van der Waals surface area contributed by atoms with E-state index in [1.807, 2.05) is 0 Å². The van der Waals surface area contributed by atoms with Crippen molar-refractivity contribution in [1.29, 1.82) is 0 Å². The normalized spacial score (nSPS) is 14.5. The molecule has 220 valence electrons. The number of hydrogen-bond acceptors (Lipinski definition) is 8. The van der Waals surface area contributed by atoms with Gasteiger partial charge in [0.1, 0.15) is 12.4 Å². The summed E-state index contributed by atoms with van der Waals surface area (Å²) < 4.78 is 1.42. The van der Waals surface area contributed by atoms with Gasteiger partial charge in [-0.1, -0.05) is 18.5 Å². The zero-order chi connectivity index (χ0) is 30.1. The summed E-state index contributed by atoms with van der Waals surface area (Å²) in [5, 5.41) is 26.1. The maximum Gasteiger partial charge on any atom is 0.335 e. The highest BCUT2D eigenvalue weighted by molar-refractivity contribution is 6.30. The molecule has 3 N–H and O–H groups in total. The van der Waals surface area contributed by atoms with E-state index in [0.717, 1.165) is 19.6 Å². The predicted octanol–water partition coefficient (Wildman–Crippen LogP) is 2.09. The number of likely N-dealkylation sites (N-methyl/N-ethyl adjacent to an activating group) is 1. The number of carboxylic acid groups (broad SMARTS) is 1. The Bertz CT molecular complexity index is 1440. The van der Waals surface area contributed by atoms with Gasteiger partial charge in [0.05, 0.1) is 11.3 Å². The molecule has 2 aromatic carbocycles. The number of carbonyl (C=O) groups is 4. The molecule has 1 atom stereocenters. The van der Waals surface area contributed by atoms with Crippen LogP contribution in [0.4, 0.5) is 5.69 Å². The molecular formula is C28H31ClN8O5. The van der Waals surface area contributed by atoms with E-state index in [1.165, 1.54) is 47.4 Å². The number of amides is 3. The number of piperazine rings is 1. The van der Waals surface area contributed by atoms with Crippen molar-refractivity contribution in [2.45, 2.75) is 25.8 Å². The van der Waals surface area contributed by atoms with Crippen LogP contribution in [0.1, 0.15) is 35.7 Å². The van der Waals surface area contributed by atoms with Crippen LogP contribution in [0.5, 0.6) is 0 Å². The fourth-order valence-corrected chi connectivity index (χ4v) is 4.64. The van der Waals surface area contributed by atoms with Crippen LogP contribution in [0.3, 0.4) is 0 Å². The van der Waals surface area contributed by atoms with Crippen LogP contribution >= 0.6 is 11.6 Å². The van der Waals surface area contributed by atoms with Gasteiger partial charge in [0.25, 0.3) is 0 Å². The number of rotatable bonds is 11. The highest BCUT2D eigenvalue weighted by Crippen LogP contribution is 2.20. The Morgan fingerprint density at radius 2 is 1.81 bits per heavy atom. The lowest BCUT2D eigenvalue weighted by Gasteiger charge is -2.34. The first-order valence-corrected chi connectivity index (χ1v) is 13.8. The van der Waals surface area contributed by atoms with Crippen LogP contribution in [-0.2, 0) is 14.4 Å². The van der Waals surface area contributed by atoms with Gasteiger partial charge in [-0.3, -0.25) is 14.4 Å². The number of carbonyl (C=O) groups excluding carboxylic acids is 3. The van der Waals surface area contributed by atoms with Crippen molar-refractivity contribution in [3.63, 3.8) is 0 Å². The first-order chi connectivity index (χ1) is 20.2. The van der Waals surface area contributed by atoms with Crippen molar-refractivity contribution >= 4 is 47.1 Å². The van der Waals surface area contributed by atoms with Crippen LogP contribution in [0.15, 0.2) is 54.9 Å². The summed E-state index contributed by atoms with van der Waals surface area (Å²) in [6.07, 6.45) is 4.31. The molecule has 1 saturated heterocycles. The highest BCUT2D eigenvalue weighted by Gasteiger charge is 2.25. The van der Waals surface area contributed by atoms with Crippen molar-refractivity contribution in [1.82, 2.24) is 35.3 Å². The zero-order valence-corrected chi connectivity index (χ0v) is 23.7. The second-order valence-corrected chi connectivity index (χ2v) is 10.0. The number of hydrogen-bond donors (Lipinski definition) is 3. The Labute approximate surface area is 247 Å². The SMILES string of the molecule is CCN1CCN(C(=O)CC[C@H](NC(=O)/C=C/c2cc(Cl)ccc2-n2cnnn2)C(=O)Nc2ccc(C(=O)O)cc2)CC1. The molecule has 0 aliphatic carbocycles. The van der Waals surface area contributed by atoms with Gasteiger partial charge in [-0.25, -0.2) is 4.79 Å². The van der Waals surface area contributed by atoms with Gasteiger partial charge in [0.15, 0.2) is 0 Å². The zero-order valence-electron chi connectivity index (χ0n) is 22.9. The second kappa shape index (κ2) is 14.3. The number of halogens is 1. The summed E-state index contributed by atoms with van der Waals surface area (Å²) in [4.78, 5) is 54.3. The molecule has 0 unspecified atom stereocenters. The minimum absolute atomic E-state index is 0.0594. The van der Waals surface area contributed by atoms with Crippen molar-refractivity contribution in [2.75, 3.05) is 38.0 Å². The van der Waals surface area contributed by atoms with Crippen LogP contribution in [0.25, 0.3) is 11.8 Å². The summed E-state index contributed by atoms with van der Waals surface area (Å²) >= 11 is 6.16. The lowest BCUT2D eigenvalue weighted by atomic mass is 10.1. The molecule has 1 fully saturated rings. The predicted molar refractivity (Wildman–Crippen MR) is 155 cm³/mol. The molecule has 14 heteroatoms. The smallest absolute Gasteiger partial charge is 0.335 e. The van der Waals surface area contributed by atoms with Crippen molar-refractivity contribution in [2.24, 2.45) is 0 Å². The van der Waals surface area contributed by atoms with Gasteiger partial charge in [-0.15, -0.1) is 5.10 Å². The molecule has 1 aliphatic heterocycles. The van der Waals surface area contributed by atoms with Crippen LogP contribution in [0.2, 0.25) is 5.02 Å². The molecule has 0 radical (unpaired) electrons. The molecule has 0 saturated carbocycles. The monoisotopic (exact) mass is 594 g/mol. The number of nitrogens with zero attached hydrogens (tertiary/aromatic N) is 6.